The molecule has 0 radical (unpaired) electrons. The third kappa shape index (κ3) is 10.3. The Morgan fingerprint density at radius 2 is 1.72 bits per heavy atom. The maximum absolute atomic E-state index is 14.5. The van der Waals surface area contributed by atoms with E-state index in [0.717, 1.165) is 92.3 Å². The van der Waals surface area contributed by atoms with Crippen LogP contribution in [0.15, 0.2) is 48.9 Å². The lowest BCUT2D eigenvalue weighted by atomic mass is 9.84. The number of carbonyl (C=O) groups is 3. The number of piperidine rings is 2. The van der Waals surface area contributed by atoms with Crippen molar-refractivity contribution in [2.24, 2.45) is 24.8 Å². The minimum atomic E-state index is -0.361. The normalized spacial score (nSPS) is 23.0. The van der Waals surface area contributed by atoms with Crippen LogP contribution in [0.2, 0.25) is 0 Å². The molecule has 1 aliphatic carbocycles. The number of hydrogen-bond acceptors (Lipinski definition) is 9. The topological polar surface area (TPSA) is 113 Å². The lowest BCUT2D eigenvalue weighted by molar-refractivity contribution is -0.144. The van der Waals surface area contributed by atoms with Crippen LogP contribution in [0.25, 0.3) is 17.0 Å². The number of rotatable bonds is 13. The Hall–Kier alpha value is -4.13. The minimum absolute atomic E-state index is 0.0662. The lowest BCUT2D eigenvalue weighted by Gasteiger charge is -2.40. The Kier molecular flexibility index (Phi) is 13.5. The van der Waals surface area contributed by atoms with Gasteiger partial charge in [-0.2, -0.15) is 5.10 Å². The van der Waals surface area contributed by atoms with Crippen molar-refractivity contribution < 1.29 is 23.9 Å². The average Bonchev–Trinajstić information content (AvgIpc) is 3.55. The van der Waals surface area contributed by atoms with Gasteiger partial charge >= 0.3 is 5.97 Å². The number of carbonyl (C=O) groups excluding carboxylic acids is 3. The second-order valence-electron chi connectivity index (χ2n) is 16.0. The van der Waals surface area contributed by atoms with Gasteiger partial charge < -0.3 is 29.1 Å². The maximum Gasteiger partial charge on any atom is 0.331 e. The van der Waals surface area contributed by atoms with E-state index in [9.17, 15) is 14.4 Å². The molecule has 4 heterocycles. The van der Waals surface area contributed by atoms with E-state index in [1.54, 1.807) is 18.5 Å². The van der Waals surface area contributed by atoms with Crippen LogP contribution in [0.3, 0.4) is 0 Å². The van der Waals surface area contributed by atoms with Gasteiger partial charge in [0.2, 0.25) is 11.8 Å². The molecule has 54 heavy (non-hydrogen) atoms. The van der Waals surface area contributed by atoms with E-state index in [1.165, 1.54) is 6.08 Å². The molecule has 3 aromatic rings. The molecule has 2 aromatic heterocycles. The summed E-state index contributed by atoms with van der Waals surface area (Å²) in [5.41, 5.74) is 3.45. The third-order valence-electron chi connectivity index (χ3n) is 11.6. The maximum atomic E-state index is 14.5. The van der Waals surface area contributed by atoms with Crippen LogP contribution >= 0.6 is 0 Å². The number of aryl methyl sites for hydroxylation is 1. The number of aromatic nitrogens is 3. The van der Waals surface area contributed by atoms with Crippen molar-refractivity contribution in [2.45, 2.75) is 70.5 Å². The first kappa shape index (κ1) is 39.6. The average molecular weight is 742 g/mol. The highest BCUT2D eigenvalue weighted by molar-refractivity contribution is 5.95. The van der Waals surface area contributed by atoms with E-state index in [4.69, 9.17) is 9.47 Å². The highest BCUT2D eigenvalue weighted by Crippen LogP contribution is 2.33. The Labute approximate surface area is 320 Å². The quantitative estimate of drug-likeness (QED) is 0.180. The summed E-state index contributed by atoms with van der Waals surface area (Å²) in [7, 11) is 8.08. The van der Waals surface area contributed by atoms with Crippen LogP contribution in [0.1, 0.15) is 63.0 Å². The number of pyridine rings is 1. The van der Waals surface area contributed by atoms with Crippen molar-refractivity contribution in [1.29, 1.82) is 0 Å². The predicted molar refractivity (Wildman–Crippen MR) is 211 cm³/mol. The van der Waals surface area contributed by atoms with Gasteiger partial charge in [-0.15, -0.1) is 0 Å². The fourth-order valence-corrected chi connectivity index (χ4v) is 8.24. The Morgan fingerprint density at radius 3 is 2.46 bits per heavy atom. The summed E-state index contributed by atoms with van der Waals surface area (Å²) < 4.78 is 13.7. The molecule has 3 fully saturated rings. The fraction of sp³-hybridized carbons (Fsp3) is 0.595. The van der Waals surface area contributed by atoms with Gasteiger partial charge in [-0.1, -0.05) is 25.1 Å². The number of amides is 2. The van der Waals surface area contributed by atoms with E-state index in [1.807, 2.05) is 66.1 Å². The van der Waals surface area contributed by atoms with Crippen LogP contribution in [0.4, 0.5) is 5.69 Å². The molecule has 0 bridgehead atoms. The highest BCUT2D eigenvalue weighted by atomic mass is 16.5. The molecule has 2 aliphatic heterocycles. The lowest BCUT2D eigenvalue weighted by Crippen LogP contribution is -2.48. The van der Waals surface area contributed by atoms with Crippen molar-refractivity contribution in [3.05, 3.63) is 60.1 Å². The molecule has 0 spiro atoms. The van der Waals surface area contributed by atoms with Crippen molar-refractivity contribution >= 4 is 40.4 Å². The Bertz CT molecular complexity index is 1760. The number of ether oxygens (including phenoxy) is 2. The van der Waals surface area contributed by atoms with Crippen molar-refractivity contribution in [3.8, 4) is 0 Å². The van der Waals surface area contributed by atoms with E-state index in [-0.39, 0.29) is 47.7 Å². The molecule has 0 N–H and O–H groups in total. The largest absolute Gasteiger partial charge is 0.459 e. The van der Waals surface area contributed by atoms with E-state index in [2.05, 4.69) is 33.9 Å². The molecular weight excluding hydrogens is 683 g/mol. The molecule has 1 aromatic carbocycles. The molecule has 292 valence electrons. The van der Waals surface area contributed by atoms with Crippen molar-refractivity contribution in [2.75, 3.05) is 71.9 Å². The number of fused-ring (bicyclic) bond motifs is 1. The monoisotopic (exact) mass is 741 g/mol. The molecule has 2 saturated heterocycles. The zero-order valence-corrected chi connectivity index (χ0v) is 32.9. The van der Waals surface area contributed by atoms with Gasteiger partial charge in [0.25, 0.3) is 0 Å². The van der Waals surface area contributed by atoms with Crippen LogP contribution in [0, 0.1) is 17.8 Å². The number of likely N-dealkylation sites (tertiary alicyclic amines) is 2. The fourth-order valence-electron chi connectivity index (χ4n) is 8.24. The molecule has 12 heteroatoms. The van der Waals surface area contributed by atoms with Crippen LogP contribution < -0.4 is 4.90 Å². The molecule has 2 amide bonds. The summed E-state index contributed by atoms with van der Waals surface area (Å²) >= 11 is 0. The smallest absolute Gasteiger partial charge is 0.331 e. The third-order valence-corrected chi connectivity index (χ3v) is 11.6. The van der Waals surface area contributed by atoms with Gasteiger partial charge in [-0.3, -0.25) is 19.3 Å². The number of benzene rings is 1. The number of nitrogens with zero attached hydrogens (tertiary/aromatic N) is 7. The Morgan fingerprint density at radius 1 is 0.944 bits per heavy atom. The van der Waals surface area contributed by atoms with Crippen LogP contribution in [-0.4, -0.2) is 126 Å². The van der Waals surface area contributed by atoms with E-state index >= 15 is 0 Å². The van der Waals surface area contributed by atoms with Gasteiger partial charge in [-0.25, -0.2) is 4.79 Å². The number of anilines is 1. The standard InChI is InChI=1S/C42H59N7O5/c1-30-28-48(39(50)24-33-7-6-8-34-26-44-47(5)41(33)34)20-15-35(30)29-49(42(52)32-10-12-37(13-11-32)53-22-21-45(2)3)36-23-31(25-43-27-36)9-14-40(51)54-38-16-18-46(4)19-17-38/h6-9,14,23,25-27,30,32,35,37-38H,10-13,15-22,24,28-29H2,1-5H3/b14-9+. The van der Waals surface area contributed by atoms with Gasteiger partial charge in [-0.05, 0) is 101 Å². The highest BCUT2D eigenvalue weighted by Gasteiger charge is 2.35. The number of hydrogen-bond donors (Lipinski definition) is 0. The zero-order chi connectivity index (χ0) is 38.2. The summed E-state index contributed by atoms with van der Waals surface area (Å²) in [5.74, 6) is 0.157. The second-order valence-corrected chi connectivity index (χ2v) is 16.0. The molecular formula is C42H59N7O5. The number of esters is 1. The first-order valence-electron chi connectivity index (χ1n) is 19.8. The van der Waals surface area contributed by atoms with Crippen LogP contribution in [0.5, 0.6) is 0 Å². The molecule has 6 rings (SSSR count). The van der Waals surface area contributed by atoms with Gasteiger partial charge in [0.1, 0.15) is 6.10 Å². The van der Waals surface area contributed by atoms with Crippen LogP contribution in [-0.2, 0) is 37.3 Å². The zero-order valence-electron chi connectivity index (χ0n) is 32.9. The molecule has 2 atom stereocenters. The summed E-state index contributed by atoms with van der Waals surface area (Å²) in [6.07, 6.45) is 14.7. The first-order valence-corrected chi connectivity index (χ1v) is 19.8. The van der Waals surface area contributed by atoms with Crippen molar-refractivity contribution in [3.63, 3.8) is 0 Å². The van der Waals surface area contributed by atoms with Crippen molar-refractivity contribution in [1.82, 2.24) is 29.5 Å². The SMILES string of the molecule is CC1CN(C(=O)Cc2cccc3cnn(C)c23)CCC1CN(C(=O)C1CCC(OCCN(C)C)CC1)c1cncc(/C=C/C(=O)OC2CCN(C)CC2)c1. The Balaban J connectivity index is 1.13. The summed E-state index contributed by atoms with van der Waals surface area (Å²) in [6.45, 7) is 7.43. The molecule has 2 unspecified atom stereocenters. The summed E-state index contributed by atoms with van der Waals surface area (Å²) in [6, 6.07) is 7.97. The molecule has 12 nitrogen and oxygen atoms in total. The second kappa shape index (κ2) is 18.5. The number of para-hydroxylation sites is 1. The molecule has 3 aliphatic rings. The molecule has 1 saturated carbocycles. The number of likely N-dealkylation sites (N-methyl/N-ethyl adjacent to an activating group) is 1. The van der Waals surface area contributed by atoms with Gasteiger partial charge in [0, 0.05) is 69.9 Å². The first-order chi connectivity index (χ1) is 26.0. The van der Waals surface area contributed by atoms with Gasteiger partial charge in [0.15, 0.2) is 0 Å². The van der Waals surface area contributed by atoms with E-state index < -0.39 is 0 Å². The van der Waals surface area contributed by atoms with Gasteiger partial charge in [0.05, 0.1) is 42.7 Å². The van der Waals surface area contributed by atoms with E-state index in [0.29, 0.717) is 32.7 Å². The minimum Gasteiger partial charge on any atom is -0.459 e. The predicted octanol–water partition coefficient (Wildman–Crippen LogP) is 4.82. The summed E-state index contributed by atoms with van der Waals surface area (Å²) in [4.78, 5) is 53.6. The summed E-state index contributed by atoms with van der Waals surface area (Å²) in [5, 5.41) is 5.42.